The molecule has 1 amide bonds. The van der Waals surface area contributed by atoms with E-state index in [1.807, 2.05) is 34.9 Å². The first-order valence-electron chi connectivity index (χ1n) is 11.4. The van der Waals surface area contributed by atoms with Crippen LogP contribution in [0.15, 0.2) is 58.3 Å². The molecule has 0 aliphatic carbocycles. The quantitative estimate of drug-likeness (QED) is 0.486. The average Bonchev–Trinajstić information content (AvgIpc) is 3.61. The summed E-state index contributed by atoms with van der Waals surface area (Å²) < 4.78 is 7.62. The summed E-state index contributed by atoms with van der Waals surface area (Å²) in [4.78, 5) is 17.7. The molecule has 0 N–H and O–H groups in total. The van der Waals surface area contributed by atoms with Gasteiger partial charge in [-0.25, -0.2) is 0 Å². The van der Waals surface area contributed by atoms with Gasteiger partial charge in [0.2, 0.25) is 11.7 Å². The molecule has 2 saturated heterocycles. The Morgan fingerprint density at radius 3 is 2.66 bits per heavy atom. The molecule has 1 unspecified atom stereocenters. The number of aromatic nitrogens is 3. The van der Waals surface area contributed by atoms with Crippen molar-refractivity contribution in [1.82, 2.24) is 24.6 Å². The molecule has 2 aliphatic heterocycles. The second-order valence-electron chi connectivity index (χ2n) is 8.53. The van der Waals surface area contributed by atoms with Gasteiger partial charge in [0.05, 0.1) is 18.6 Å². The number of nitrogens with zero attached hydrogens (tertiary/aromatic N) is 5. The SMILES string of the molecule is O=C(CSc1nnc(-c2ccco2)n1Cc1ccccc1)N1CCCC1CN1CCCC1. The minimum atomic E-state index is 0.200. The Labute approximate surface area is 192 Å². The predicted octanol–water partition coefficient (Wildman–Crippen LogP) is 3.77. The van der Waals surface area contributed by atoms with Crippen LogP contribution < -0.4 is 0 Å². The molecule has 2 aliphatic rings. The third-order valence-electron chi connectivity index (χ3n) is 6.33. The molecule has 0 bridgehead atoms. The molecule has 2 aromatic heterocycles. The molecule has 1 aromatic carbocycles. The van der Waals surface area contributed by atoms with Gasteiger partial charge in [-0.15, -0.1) is 10.2 Å². The molecular weight excluding hydrogens is 422 g/mol. The van der Waals surface area contributed by atoms with E-state index in [1.54, 1.807) is 6.26 Å². The van der Waals surface area contributed by atoms with Crippen LogP contribution in [0.2, 0.25) is 0 Å². The Kier molecular flexibility index (Phi) is 6.59. The van der Waals surface area contributed by atoms with Gasteiger partial charge in [0.25, 0.3) is 0 Å². The molecule has 5 rings (SSSR count). The van der Waals surface area contributed by atoms with Crippen molar-refractivity contribution in [3.05, 3.63) is 54.3 Å². The number of hydrogen-bond acceptors (Lipinski definition) is 6. The van der Waals surface area contributed by atoms with E-state index in [0.717, 1.165) is 36.7 Å². The van der Waals surface area contributed by atoms with E-state index in [2.05, 4.69) is 32.1 Å². The van der Waals surface area contributed by atoms with Gasteiger partial charge >= 0.3 is 0 Å². The van der Waals surface area contributed by atoms with Gasteiger partial charge in [-0.3, -0.25) is 9.36 Å². The number of hydrogen-bond donors (Lipinski definition) is 0. The van der Waals surface area contributed by atoms with Crippen LogP contribution in [0, 0.1) is 0 Å². The van der Waals surface area contributed by atoms with Crippen LogP contribution in [0.5, 0.6) is 0 Å². The zero-order chi connectivity index (χ0) is 21.8. The Morgan fingerprint density at radius 2 is 1.88 bits per heavy atom. The van der Waals surface area contributed by atoms with Gasteiger partial charge in [0.15, 0.2) is 10.9 Å². The molecule has 8 heteroatoms. The normalized spacial score (nSPS) is 19.1. The standard InChI is InChI=1S/C24H29N5O2S/c30-22(28-14-6-10-20(28)17-27-12-4-5-13-27)18-32-24-26-25-23(21-11-7-15-31-21)29(24)16-19-8-2-1-3-9-19/h1-3,7-9,11,15,20H,4-6,10,12-14,16-18H2. The lowest BCUT2D eigenvalue weighted by atomic mass is 10.2. The lowest BCUT2D eigenvalue weighted by molar-refractivity contribution is -0.129. The highest BCUT2D eigenvalue weighted by Gasteiger charge is 2.31. The number of furan rings is 1. The summed E-state index contributed by atoms with van der Waals surface area (Å²) in [5.41, 5.74) is 1.15. The first-order valence-corrected chi connectivity index (χ1v) is 12.4. The molecule has 0 spiro atoms. The largest absolute Gasteiger partial charge is 0.461 e. The minimum Gasteiger partial charge on any atom is -0.461 e. The molecule has 4 heterocycles. The van der Waals surface area contributed by atoms with E-state index in [4.69, 9.17) is 4.42 Å². The van der Waals surface area contributed by atoms with Crippen molar-refractivity contribution in [2.24, 2.45) is 0 Å². The van der Waals surface area contributed by atoms with Gasteiger partial charge in [-0.2, -0.15) is 0 Å². The van der Waals surface area contributed by atoms with E-state index >= 15 is 0 Å². The van der Waals surface area contributed by atoms with Gasteiger partial charge in [-0.05, 0) is 56.5 Å². The van der Waals surface area contributed by atoms with E-state index < -0.39 is 0 Å². The Morgan fingerprint density at radius 1 is 1.03 bits per heavy atom. The predicted molar refractivity (Wildman–Crippen MR) is 124 cm³/mol. The number of thioether (sulfide) groups is 1. The van der Waals surface area contributed by atoms with Crippen LogP contribution in [0.4, 0.5) is 0 Å². The molecule has 1 atom stereocenters. The lowest BCUT2D eigenvalue weighted by Crippen LogP contribution is -2.43. The third kappa shape index (κ3) is 4.76. The van der Waals surface area contributed by atoms with Crippen molar-refractivity contribution in [3.63, 3.8) is 0 Å². The summed E-state index contributed by atoms with van der Waals surface area (Å²) in [6, 6.07) is 14.3. The van der Waals surface area contributed by atoms with Crippen molar-refractivity contribution in [2.45, 2.75) is 43.4 Å². The van der Waals surface area contributed by atoms with Crippen LogP contribution in [0.25, 0.3) is 11.6 Å². The van der Waals surface area contributed by atoms with Gasteiger partial charge in [-0.1, -0.05) is 42.1 Å². The Bertz CT molecular complexity index is 1010. The monoisotopic (exact) mass is 451 g/mol. The summed E-state index contributed by atoms with van der Waals surface area (Å²) in [5.74, 6) is 1.94. The van der Waals surface area contributed by atoms with Gasteiger partial charge < -0.3 is 14.2 Å². The van der Waals surface area contributed by atoms with Crippen molar-refractivity contribution in [1.29, 1.82) is 0 Å². The number of amides is 1. The van der Waals surface area contributed by atoms with E-state index in [1.165, 1.54) is 37.7 Å². The first-order chi connectivity index (χ1) is 15.8. The van der Waals surface area contributed by atoms with Crippen molar-refractivity contribution in [3.8, 4) is 11.6 Å². The third-order valence-corrected chi connectivity index (χ3v) is 7.28. The van der Waals surface area contributed by atoms with Crippen molar-refractivity contribution in [2.75, 3.05) is 31.9 Å². The topological polar surface area (TPSA) is 67.4 Å². The molecule has 32 heavy (non-hydrogen) atoms. The molecule has 2 fully saturated rings. The number of carbonyl (C=O) groups excluding carboxylic acids is 1. The second kappa shape index (κ2) is 9.92. The minimum absolute atomic E-state index is 0.200. The van der Waals surface area contributed by atoms with E-state index in [0.29, 0.717) is 29.9 Å². The van der Waals surface area contributed by atoms with Crippen molar-refractivity contribution >= 4 is 17.7 Å². The lowest BCUT2D eigenvalue weighted by Gasteiger charge is -2.28. The van der Waals surface area contributed by atoms with Gasteiger partial charge in [0, 0.05) is 19.1 Å². The molecule has 0 radical (unpaired) electrons. The highest BCUT2D eigenvalue weighted by molar-refractivity contribution is 7.99. The number of likely N-dealkylation sites (tertiary alicyclic amines) is 2. The molecule has 3 aromatic rings. The van der Waals surface area contributed by atoms with Gasteiger partial charge in [0.1, 0.15) is 0 Å². The fourth-order valence-electron chi connectivity index (χ4n) is 4.72. The zero-order valence-electron chi connectivity index (χ0n) is 18.2. The highest BCUT2D eigenvalue weighted by atomic mass is 32.2. The number of carbonyl (C=O) groups is 1. The summed E-state index contributed by atoms with van der Waals surface area (Å²) in [6.07, 6.45) is 6.42. The summed E-state index contributed by atoms with van der Waals surface area (Å²) in [5, 5.41) is 9.53. The first kappa shape index (κ1) is 21.3. The highest BCUT2D eigenvalue weighted by Crippen LogP contribution is 2.27. The fraction of sp³-hybridized carbons (Fsp3) is 0.458. The molecular formula is C24H29N5O2S. The van der Waals surface area contributed by atoms with Crippen molar-refractivity contribution < 1.29 is 9.21 Å². The zero-order valence-corrected chi connectivity index (χ0v) is 19.0. The van der Waals surface area contributed by atoms with Crippen LogP contribution in [-0.2, 0) is 11.3 Å². The smallest absolute Gasteiger partial charge is 0.233 e. The summed E-state index contributed by atoms with van der Waals surface area (Å²) >= 11 is 1.47. The van der Waals surface area contributed by atoms with E-state index in [9.17, 15) is 4.79 Å². The van der Waals surface area contributed by atoms with Crippen LogP contribution in [-0.4, -0.2) is 68.4 Å². The maximum atomic E-state index is 13.1. The molecule has 0 saturated carbocycles. The molecule has 168 valence electrons. The maximum absolute atomic E-state index is 13.1. The average molecular weight is 452 g/mol. The summed E-state index contributed by atoms with van der Waals surface area (Å²) in [7, 11) is 0. The molecule has 7 nitrogen and oxygen atoms in total. The van der Waals surface area contributed by atoms with Crippen LogP contribution >= 0.6 is 11.8 Å². The number of benzene rings is 1. The second-order valence-corrected chi connectivity index (χ2v) is 9.48. The van der Waals surface area contributed by atoms with Crippen LogP contribution in [0.1, 0.15) is 31.2 Å². The fourth-order valence-corrected chi connectivity index (χ4v) is 5.54. The summed E-state index contributed by atoms with van der Waals surface area (Å²) in [6.45, 7) is 4.86. The van der Waals surface area contributed by atoms with Crippen LogP contribution in [0.3, 0.4) is 0 Å². The Balaban J connectivity index is 1.29. The number of rotatable bonds is 8. The maximum Gasteiger partial charge on any atom is 0.233 e. The Hall–Kier alpha value is -2.58. The van der Waals surface area contributed by atoms with E-state index in [-0.39, 0.29) is 5.91 Å².